The Morgan fingerprint density at radius 2 is 1.78 bits per heavy atom. The highest BCUT2D eigenvalue weighted by Gasteiger charge is 2.44. The molecule has 1 aliphatic heterocycles. The molecule has 23 heavy (non-hydrogen) atoms. The third-order valence-corrected chi connectivity index (χ3v) is 3.79. The molecule has 0 spiro atoms. The third kappa shape index (κ3) is 4.49. The van der Waals surface area contributed by atoms with Crippen LogP contribution in [0.4, 0.5) is 0 Å². The van der Waals surface area contributed by atoms with Gasteiger partial charge in [0.2, 0.25) is 6.29 Å². The molecule has 1 aromatic rings. The summed E-state index contributed by atoms with van der Waals surface area (Å²) >= 11 is 0. The fourth-order valence-corrected chi connectivity index (χ4v) is 2.35. The molecule has 128 valence electrons. The number of aliphatic hydroxyl groups excluding tert-OH is 4. The van der Waals surface area contributed by atoms with Crippen LogP contribution in [0.15, 0.2) is 24.3 Å². The molecule has 1 heterocycles. The molecule has 5 atom stereocenters. The minimum absolute atomic E-state index is 0.117. The van der Waals surface area contributed by atoms with Crippen molar-refractivity contribution in [1.29, 1.82) is 0 Å². The highest BCUT2D eigenvalue weighted by Crippen LogP contribution is 2.24. The maximum Gasteiger partial charge on any atom is 0.229 e. The van der Waals surface area contributed by atoms with Crippen LogP contribution in [0.5, 0.6) is 5.75 Å². The molecule has 7 heteroatoms. The van der Waals surface area contributed by atoms with E-state index in [4.69, 9.17) is 14.6 Å². The standard InChI is InChI=1S/C16H22O7/c1-9(18)2-3-10-4-6-11(7-5-10)22-16-15(21)14(20)13(19)12(8-17)23-16/h4-7,12-17,19-21H,2-3,8H2,1H3. The van der Waals surface area contributed by atoms with E-state index >= 15 is 0 Å². The Kier molecular flexibility index (Phi) is 6.09. The van der Waals surface area contributed by atoms with Gasteiger partial charge in [0.25, 0.3) is 0 Å². The fraction of sp³-hybridized carbons (Fsp3) is 0.562. The number of rotatable bonds is 6. The summed E-state index contributed by atoms with van der Waals surface area (Å²) in [6.07, 6.45) is -5.43. The topological polar surface area (TPSA) is 116 Å². The average Bonchev–Trinajstić information content (AvgIpc) is 2.54. The van der Waals surface area contributed by atoms with E-state index < -0.39 is 37.3 Å². The Labute approximate surface area is 134 Å². The molecule has 5 unspecified atom stereocenters. The molecule has 4 N–H and O–H groups in total. The molecular weight excluding hydrogens is 304 g/mol. The molecule has 1 aromatic carbocycles. The van der Waals surface area contributed by atoms with Crippen molar-refractivity contribution in [3.63, 3.8) is 0 Å². The number of carbonyl (C=O) groups is 1. The number of hydrogen-bond donors (Lipinski definition) is 4. The van der Waals surface area contributed by atoms with Gasteiger partial charge in [0.05, 0.1) is 6.61 Å². The second-order valence-electron chi connectivity index (χ2n) is 5.66. The van der Waals surface area contributed by atoms with Gasteiger partial charge in [-0.1, -0.05) is 12.1 Å². The summed E-state index contributed by atoms with van der Waals surface area (Å²) in [6, 6.07) is 6.92. The van der Waals surface area contributed by atoms with Crippen LogP contribution >= 0.6 is 0 Å². The van der Waals surface area contributed by atoms with Gasteiger partial charge in [0, 0.05) is 6.42 Å². The van der Waals surface area contributed by atoms with Gasteiger partial charge < -0.3 is 34.7 Å². The van der Waals surface area contributed by atoms with Crippen molar-refractivity contribution in [2.24, 2.45) is 0 Å². The number of benzene rings is 1. The predicted molar refractivity (Wildman–Crippen MR) is 79.8 cm³/mol. The van der Waals surface area contributed by atoms with Gasteiger partial charge in [-0.05, 0) is 31.0 Å². The first-order chi connectivity index (χ1) is 10.9. The van der Waals surface area contributed by atoms with E-state index in [1.165, 1.54) is 6.92 Å². The van der Waals surface area contributed by atoms with E-state index in [1.807, 2.05) is 0 Å². The summed E-state index contributed by atoms with van der Waals surface area (Å²) in [5.41, 5.74) is 0.973. The van der Waals surface area contributed by atoms with E-state index in [9.17, 15) is 20.1 Å². The SMILES string of the molecule is CC(=O)CCc1ccc(OC2OC(CO)C(O)C(O)C2O)cc1. The summed E-state index contributed by atoms with van der Waals surface area (Å²) in [5.74, 6) is 0.521. The summed E-state index contributed by atoms with van der Waals surface area (Å²) in [5, 5.41) is 38.4. The molecule has 1 aliphatic rings. The molecular formula is C16H22O7. The first-order valence-electron chi connectivity index (χ1n) is 7.48. The molecule has 0 aromatic heterocycles. The summed E-state index contributed by atoms with van der Waals surface area (Å²) < 4.78 is 10.7. The van der Waals surface area contributed by atoms with Crippen LogP contribution in [0, 0.1) is 0 Å². The van der Waals surface area contributed by atoms with E-state index in [0.717, 1.165) is 5.56 Å². The number of aryl methyl sites for hydroxylation is 1. The van der Waals surface area contributed by atoms with Crippen LogP contribution in [-0.4, -0.2) is 63.5 Å². The zero-order valence-electron chi connectivity index (χ0n) is 12.8. The maximum atomic E-state index is 11.0. The van der Waals surface area contributed by atoms with E-state index in [-0.39, 0.29) is 5.78 Å². The van der Waals surface area contributed by atoms with Crippen molar-refractivity contribution in [2.75, 3.05) is 6.61 Å². The largest absolute Gasteiger partial charge is 0.462 e. The Balaban J connectivity index is 1.99. The number of Topliss-reactive ketones (excluding diaryl/α,β-unsaturated/α-hetero) is 1. The van der Waals surface area contributed by atoms with Crippen molar-refractivity contribution in [3.8, 4) is 5.75 Å². The van der Waals surface area contributed by atoms with Gasteiger partial charge in [-0.25, -0.2) is 0 Å². The fourth-order valence-electron chi connectivity index (χ4n) is 2.35. The highest BCUT2D eigenvalue weighted by atomic mass is 16.7. The van der Waals surface area contributed by atoms with Gasteiger partial charge >= 0.3 is 0 Å². The van der Waals surface area contributed by atoms with E-state index in [0.29, 0.717) is 18.6 Å². The predicted octanol–water partition coefficient (Wildman–Crippen LogP) is -0.613. The quantitative estimate of drug-likeness (QED) is 0.551. The Bertz CT molecular complexity index is 514. The van der Waals surface area contributed by atoms with Gasteiger partial charge in [0.15, 0.2) is 0 Å². The molecule has 0 aliphatic carbocycles. The summed E-state index contributed by atoms with van der Waals surface area (Å²) in [4.78, 5) is 11.0. The second-order valence-corrected chi connectivity index (χ2v) is 5.66. The Morgan fingerprint density at radius 1 is 1.13 bits per heavy atom. The molecule has 7 nitrogen and oxygen atoms in total. The van der Waals surface area contributed by atoms with E-state index in [2.05, 4.69) is 0 Å². The second kappa shape index (κ2) is 7.85. The average molecular weight is 326 g/mol. The molecule has 0 bridgehead atoms. The van der Waals surface area contributed by atoms with Gasteiger partial charge in [-0.3, -0.25) is 0 Å². The monoisotopic (exact) mass is 326 g/mol. The smallest absolute Gasteiger partial charge is 0.229 e. The normalized spacial score (nSPS) is 30.9. The summed E-state index contributed by atoms with van der Waals surface area (Å²) in [6.45, 7) is 1.03. The Morgan fingerprint density at radius 3 is 2.35 bits per heavy atom. The lowest BCUT2D eigenvalue weighted by Crippen LogP contribution is -2.60. The van der Waals surface area contributed by atoms with Gasteiger partial charge in [-0.15, -0.1) is 0 Å². The molecule has 0 saturated carbocycles. The van der Waals surface area contributed by atoms with Crippen molar-refractivity contribution in [2.45, 2.75) is 50.5 Å². The lowest BCUT2D eigenvalue weighted by molar-refractivity contribution is -0.277. The van der Waals surface area contributed by atoms with Crippen LogP contribution in [0.3, 0.4) is 0 Å². The van der Waals surface area contributed by atoms with Crippen LogP contribution < -0.4 is 4.74 Å². The zero-order chi connectivity index (χ0) is 17.0. The molecule has 2 rings (SSSR count). The molecule has 1 saturated heterocycles. The molecule has 1 fully saturated rings. The van der Waals surface area contributed by atoms with Crippen LogP contribution in [-0.2, 0) is 16.0 Å². The van der Waals surface area contributed by atoms with Crippen LogP contribution in [0.2, 0.25) is 0 Å². The third-order valence-electron chi connectivity index (χ3n) is 3.79. The van der Waals surface area contributed by atoms with Crippen LogP contribution in [0.25, 0.3) is 0 Å². The highest BCUT2D eigenvalue weighted by molar-refractivity contribution is 5.75. The number of ether oxygens (including phenoxy) is 2. The Hall–Kier alpha value is -1.51. The maximum absolute atomic E-state index is 11.0. The van der Waals surface area contributed by atoms with Crippen molar-refractivity contribution in [3.05, 3.63) is 29.8 Å². The first-order valence-corrected chi connectivity index (χ1v) is 7.48. The number of aliphatic hydroxyl groups is 4. The zero-order valence-corrected chi connectivity index (χ0v) is 12.8. The summed E-state index contributed by atoms with van der Waals surface area (Å²) in [7, 11) is 0. The van der Waals surface area contributed by atoms with Crippen molar-refractivity contribution >= 4 is 5.78 Å². The van der Waals surface area contributed by atoms with E-state index in [1.54, 1.807) is 24.3 Å². The minimum atomic E-state index is -1.47. The van der Waals surface area contributed by atoms with Crippen molar-refractivity contribution < 1.29 is 34.7 Å². The van der Waals surface area contributed by atoms with Crippen LogP contribution in [0.1, 0.15) is 18.9 Å². The first kappa shape index (κ1) is 17.8. The molecule has 0 amide bonds. The number of carbonyl (C=O) groups excluding carboxylic acids is 1. The lowest BCUT2D eigenvalue weighted by Gasteiger charge is -2.39. The number of hydrogen-bond acceptors (Lipinski definition) is 7. The number of ketones is 1. The minimum Gasteiger partial charge on any atom is -0.462 e. The van der Waals surface area contributed by atoms with Gasteiger partial charge in [0.1, 0.15) is 35.9 Å². The molecule has 0 radical (unpaired) electrons. The van der Waals surface area contributed by atoms with Gasteiger partial charge in [-0.2, -0.15) is 0 Å². The lowest BCUT2D eigenvalue weighted by atomic mass is 9.99. The van der Waals surface area contributed by atoms with Crippen molar-refractivity contribution in [1.82, 2.24) is 0 Å².